The topological polar surface area (TPSA) is 156 Å². The van der Waals surface area contributed by atoms with E-state index in [9.17, 15) is 18.5 Å². The van der Waals surface area contributed by atoms with Crippen molar-refractivity contribution in [1.29, 1.82) is 0 Å². The standard InChI is InChI=1S/C9H11N7O4S/c1-10-7-3-2-6(16(17)18)4-8(7)21(19,20)11-5-9-12-14-15-13-9/h2-4,10-11H,5H2,1H3,(H,12,13,14,15). The van der Waals surface area contributed by atoms with E-state index in [0.717, 1.165) is 6.07 Å². The van der Waals surface area contributed by atoms with Crippen molar-refractivity contribution >= 4 is 21.4 Å². The van der Waals surface area contributed by atoms with Gasteiger partial charge >= 0.3 is 0 Å². The number of sulfonamides is 1. The van der Waals surface area contributed by atoms with Crippen molar-refractivity contribution in [2.45, 2.75) is 11.4 Å². The van der Waals surface area contributed by atoms with Gasteiger partial charge < -0.3 is 5.32 Å². The molecule has 0 unspecified atom stereocenters. The molecule has 0 spiro atoms. The van der Waals surface area contributed by atoms with Crippen molar-refractivity contribution in [2.75, 3.05) is 12.4 Å². The lowest BCUT2D eigenvalue weighted by Gasteiger charge is -2.10. The van der Waals surface area contributed by atoms with Crippen LogP contribution in [0.3, 0.4) is 0 Å². The van der Waals surface area contributed by atoms with E-state index in [1.54, 1.807) is 0 Å². The van der Waals surface area contributed by atoms with Crippen molar-refractivity contribution in [3.63, 3.8) is 0 Å². The molecule has 12 heteroatoms. The zero-order valence-electron chi connectivity index (χ0n) is 10.8. The summed E-state index contributed by atoms with van der Waals surface area (Å²) in [6.07, 6.45) is 0. The quantitative estimate of drug-likeness (QED) is 0.481. The Balaban J connectivity index is 2.33. The van der Waals surface area contributed by atoms with E-state index in [1.165, 1.54) is 19.2 Å². The van der Waals surface area contributed by atoms with Crippen LogP contribution >= 0.6 is 0 Å². The third-order valence-electron chi connectivity index (χ3n) is 2.54. The second kappa shape index (κ2) is 5.80. The smallest absolute Gasteiger partial charge is 0.270 e. The number of aromatic nitrogens is 4. The van der Waals surface area contributed by atoms with Gasteiger partial charge in [-0.15, -0.1) is 10.2 Å². The molecule has 0 aliphatic carbocycles. The van der Waals surface area contributed by atoms with Gasteiger partial charge in [0.05, 0.1) is 17.2 Å². The van der Waals surface area contributed by atoms with Gasteiger partial charge in [0.25, 0.3) is 5.69 Å². The monoisotopic (exact) mass is 313 g/mol. The molecular weight excluding hydrogens is 302 g/mol. The number of tetrazole rings is 1. The number of nitro groups is 1. The number of aromatic amines is 1. The van der Waals surface area contributed by atoms with E-state index in [0.29, 0.717) is 0 Å². The van der Waals surface area contributed by atoms with Gasteiger partial charge in [-0.25, -0.2) is 13.1 Å². The first-order valence-corrected chi connectivity index (χ1v) is 7.10. The summed E-state index contributed by atoms with van der Waals surface area (Å²) in [5.41, 5.74) is -0.0878. The summed E-state index contributed by atoms with van der Waals surface area (Å²) < 4.78 is 26.7. The molecule has 0 bridgehead atoms. The van der Waals surface area contributed by atoms with Gasteiger partial charge in [0, 0.05) is 19.2 Å². The molecule has 2 aromatic rings. The van der Waals surface area contributed by atoms with Crippen LogP contribution < -0.4 is 10.0 Å². The maximum Gasteiger partial charge on any atom is 0.270 e. The van der Waals surface area contributed by atoms with E-state index in [4.69, 9.17) is 0 Å². The van der Waals surface area contributed by atoms with Crippen LogP contribution in [-0.2, 0) is 16.6 Å². The highest BCUT2D eigenvalue weighted by Gasteiger charge is 2.22. The molecule has 112 valence electrons. The number of anilines is 1. The Morgan fingerprint density at radius 2 is 2.19 bits per heavy atom. The van der Waals surface area contributed by atoms with Gasteiger partial charge in [0.1, 0.15) is 4.90 Å². The van der Waals surface area contributed by atoms with Crippen molar-refractivity contribution in [3.8, 4) is 0 Å². The van der Waals surface area contributed by atoms with Crippen LogP contribution in [0.15, 0.2) is 23.1 Å². The molecule has 0 radical (unpaired) electrons. The molecule has 0 atom stereocenters. The third kappa shape index (κ3) is 3.29. The molecule has 1 aromatic heterocycles. The van der Waals surface area contributed by atoms with E-state index in [-0.39, 0.29) is 28.6 Å². The van der Waals surface area contributed by atoms with E-state index in [2.05, 4.69) is 30.7 Å². The molecule has 0 saturated carbocycles. The number of nitro benzene ring substituents is 1. The molecule has 3 N–H and O–H groups in total. The van der Waals surface area contributed by atoms with Crippen LogP contribution in [0.5, 0.6) is 0 Å². The number of rotatable bonds is 6. The molecule has 2 rings (SSSR count). The van der Waals surface area contributed by atoms with E-state index in [1.807, 2.05) is 0 Å². The molecule has 0 fully saturated rings. The first-order chi connectivity index (χ1) is 9.94. The predicted octanol–water partition coefficient (Wildman–Crippen LogP) is -0.372. The number of nitrogens with zero attached hydrogens (tertiary/aromatic N) is 4. The molecule has 1 heterocycles. The summed E-state index contributed by atoms with van der Waals surface area (Å²) in [4.78, 5) is 9.86. The number of non-ortho nitro benzene ring substituents is 1. The van der Waals surface area contributed by atoms with Gasteiger partial charge in [-0.05, 0) is 6.07 Å². The molecule has 0 aliphatic rings. The van der Waals surface area contributed by atoms with Gasteiger partial charge in [-0.2, -0.15) is 5.21 Å². The Labute approximate surface area is 119 Å². The molecule has 21 heavy (non-hydrogen) atoms. The van der Waals surface area contributed by atoms with Crippen LogP contribution in [-0.4, -0.2) is 41.0 Å². The molecule has 0 aliphatic heterocycles. The predicted molar refractivity (Wildman–Crippen MR) is 70.8 cm³/mol. The van der Waals surface area contributed by atoms with Gasteiger partial charge in [-0.1, -0.05) is 5.21 Å². The SMILES string of the molecule is CNc1ccc([N+](=O)[O-])cc1S(=O)(=O)NCc1nn[nH]n1. The van der Waals surface area contributed by atoms with Crippen molar-refractivity contribution in [2.24, 2.45) is 0 Å². The maximum absolute atomic E-state index is 12.2. The highest BCUT2D eigenvalue weighted by atomic mass is 32.2. The van der Waals surface area contributed by atoms with E-state index < -0.39 is 14.9 Å². The lowest BCUT2D eigenvalue weighted by molar-refractivity contribution is -0.385. The number of hydrogen-bond donors (Lipinski definition) is 3. The average molecular weight is 313 g/mol. The minimum atomic E-state index is -3.97. The zero-order chi connectivity index (χ0) is 15.5. The number of nitrogens with one attached hydrogen (secondary N) is 3. The molecule has 1 aromatic carbocycles. The van der Waals surface area contributed by atoms with Crippen LogP contribution in [0.4, 0.5) is 11.4 Å². The number of hydrogen-bond acceptors (Lipinski definition) is 8. The van der Waals surface area contributed by atoms with Crippen LogP contribution in [0.25, 0.3) is 0 Å². The summed E-state index contributed by atoms with van der Waals surface area (Å²) in [5.74, 6) is 0.148. The fourth-order valence-electron chi connectivity index (χ4n) is 1.55. The van der Waals surface area contributed by atoms with Crippen LogP contribution in [0, 0.1) is 10.1 Å². The third-order valence-corrected chi connectivity index (χ3v) is 3.99. The first kappa shape index (κ1) is 14.8. The largest absolute Gasteiger partial charge is 0.387 e. The lowest BCUT2D eigenvalue weighted by Crippen LogP contribution is -2.24. The Morgan fingerprint density at radius 1 is 1.43 bits per heavy atom. The second-order valence-corrected chi connectivity index (χ2v) is 5.58. The normalized spacial score (nSPS) is 11.3. The Kier molecular flexibility index (Phi) is 4.09. The molecular formula is C9H11N7O4S. The first-order valence-electron chi connectivity index (χ1n) is 5.62. The highest BCUT2D eigenvalue weighted by molar-refractivity contribution is 7.89. The lowest BCUT2D eigenvalue weighted by atomic mass is 10.3. The van der Waals surface area contributed by atoms with Crippen molar-refractivity contribution < 1.29 is 13.3 Å². The summed E-state index contributed by atoms with van der Waals surface area (Å²) in [6, 6.07) is 3.51. The maximum atomic E-state index is 12.2. The Bertz CT molecular complexity index is 743. The van der Waals surface area contributed by atoms with Crippen LogP contribution in [0.2, 0.25) is 0 Å². The fourth-order valence-corrected chi connectivity index (χ4v) is 2.76. The molecule has 0 amide bonds. The summed E-state index contributed by atoms with van der Waals surface area (Å²) in [7, 11) is -2.46. The Morgan fingerprint density at radius 3 is 2.76 bits per heavy atom. The van der Waals surface area contributed by atoms with Gasteiger partial charge in [-0.3, -0.25) is 10.1 Å². The average Bonchev–Trinajstić information content (AvgIpc) is 2.98. The highest BCUT2D eigenvalue weighted by Crippen LogP contribution is 2.25. The van der Waals surface area contributed by atoms with Crippen molar-refractivity contribution in [1.82, 2.24) is 25.3 Å². The Hall–Kier alpha value is -2.60. The second-order valence-electron chi connectivity index (χ2n) is 3.84. The number of H-pyrrole nitrogens is 1. The minimum Gasteiger partial charge on any atom is -0.387 e. The van der Waals surface area contributed by atoms with E-state index >= 15 is 0 Å². The van der Waals surface area contributed by atoms with Crippen molar-refractivity contribution in [3.05, 3.63) is 34.1 Å². The minimum absolute atomic E-state index is 0.148. The zero-order valence-corrected chi connectivity index (χ0v) is 11.6. The number of benzene rings is 1. The summed E-state index contributed by atoms with van der Waals surface area (Å²) in [5, 5.41) is 26.1. The summed E-state index contributed by atoms with van der Waals surface area (Å²) in [6.45, 7) is -0.190. The molecule has 0 saturated heterocycles. The molecule has 11 nitrogen and oxygen atoms in total. The van der Waals surface area contributed by atoms with Gasteiger partial charge in [0.2, 0.25) is 10.0 Å². The van der Waals surface area contributed by atoms with Gasteiger partial charge in [0.15, 0.2) is 5.82 Å². The van der Waals surface area contributed by atoms with Crippen LogP contribution in [0.1, 0.15) is 5.82 Å². The summed E-state index contributed by atoms with van der Waals surface area (Å²) >= 11 is 0. The fraction of sp³-hybridized carbons (Fsp3) is 0.222.